The van der Waals surface area contributed by atoms with Crippen molar-refractivity contribution in [1.82, 2.24) is 4.98 Å². The van der Waals surface area contributed by atoms with Crippen molar-refractivity contribution in [3.05, 3.63) is 82.9 Å². The average Bonchev–Trinajstić information content (AvgIpc) is 2.78. The van der Waals surface area contributed by atoms with Crippen LogP contribution in [0.25, 0.3) is 11.1 Å². The number of hydrogen-bond acceptors (Lipinski definition) is 4. The van der Waals surface area contributed by atoms with Crippen LogP contribution >= 0.6 is 0 Å². The molecule has 0 aliphatic rings. The van der Waals surface area contributed by atoms with Gasteiger partial charge >= 0.3 is 6.09 Å². The summed E-state index contributed by atoms with van der Waals surface area (Å²) in [6.07, 6.45) is 0.424. The molecule has 0 spiro atoms. The molecule has 166 valence electrons. The van der Waals surface area contributed by atoms with Gasteiger partial charge in [-0.25, -0.2) is 9.18 Å². The first kappa shape index (κ1) is 23.1. The minimum Gasteiger partial charge on any atom is -0.449 e. The molecule has 3 rings (SSSR count). The van der Waals surface area contributed by atoms with Crippen molar-refractivity contribution in [2.45, 2.75) is 33.6 Å². The van der Waals surface area contributed by atoms with Crippen molar-refractivity contribution in [3.63, 3.8) is 0 Å². The van der Waals surface area contributed by atoms with Crippen LogP contribution in [0.3, 0.4) is 0 Å². The second kappa shape index (κ2) is 10.2. The van der Waals surface area contributed by atoms with E-state index in [1.54, 1.807) is 43.3 Å². The number of ketones is 1. The molecule has 32 heavy (non-hydrogen) atoms. The number of halogens is 1. The van der Waals surface area contributed by atoms with Crippen molar-refractivity contribution in [3.8, 4) is 11.1 Å². The molecule has 0 unspecified atom stereocenters. The summed E-state index contributed by atoms with van der Waals surface area (Å²) in [5.74, 6) is -0.477. The van der Waals surface area contributed by atoms with Gasteiger partial charge in [0, 0.05) is 30.4 Å². The molecule has 0 saturated carbocycles. The third-order valence-corrected chi connectivity index (χ3v) is 5.35. The maximum atomic E-state index is 14.6. The Morgan fingerprint density at radius 2 is 1.69 bits per heavy atom. The van der Waals surface area contributed by atoms with Crippen LogP contribution in [-0.4, -0.2) is 30.5 Å². The number of amides is 1. The fourth-order valence-electron chi connectivity index (χ4n) is 3.50. The zero-order valence-electron chi connectivity index (χ0n) is 18.8. The summed E-state index contributed by atoms with van der Waals surface area (Å²) in [6, 6.07) is 15.7. The molecule has 0 fully saturated rings. The topological polar surface area (TPSA) is 59.5 Å². The molecule has 0 radical (unpaired) electrons. The Morgan fingerprint density at radius 3 is 2.31 bits per heavy atom. The fraction of sp³-hybridized carbons (Fsp3) is 0.269. The first-order valence-corrected chi connectivity index (χ1v) is 10.6. The highest BCUT2D eigenvalue weighted by atomic mass is 19.1. The van der Waals surface area contributed by atoms with Crippen LogP contribution in [0.1, 0.15) is 40.7 Å². The van der Waals surface area contributed by atoms with Gasteiger partial charge in [-0.1, -0.05) is 36.4 Å². The number of hydrogen-bond donors (Lipinski definition) is 0. The van der Waals surface area contributed by atoms with E-state index in [1.807, 2.05) is 26.0 Å². The molecule has 3 aromatic rings. The van der Waals surface area contributed by atoms with Gasteiger partial charge in [0.05, 0.1) is 12.3 Å². The highest BCUT2D eigenvalue weighted by Gasteiger charge is 2.16. The summed E-state index contributed by atoms with van der Waals surface area (Å²) in [6.45, 7) is 5.81. The third-order valence-electron chi connectivity index (χ3n) is 5.35. The minimum atomic E-state index is -0.612. The molecule has 6 heteroatoms. The molecular formula is C26H27FN2O3. The number of aromatic nitrogens is 1. The smallest absolute Gasteiger partial charge is 0.414 e. The predicted molar refractivity (Wildman–Crippen MR) is 124 cm³/mol. The number of aryl methyl sites for hydroxylation is 3. The van der Waals surface area contributed by atoms with E-state index >= 15 is 0 Å². The highest BCUT2D eigenvalue weighted by Crippen LogP contribution is 2.27. The van der Waals surface area contributed by atoms with Gasteiger partial charge in [-0.05, 0) is 62.1 Å². The summed E-state index contributed by atoms with van der Waals surface area (Å²) < 4.78 is 19.5. The van der Waals surface area contributed by atoms with Crippen LogP contribution in [0.4, 0.5) is 14.9 Å². The zero-order valence-corrected chi connectivity index (χ0v) is 18.8. The van der Waals surface area contributed by atoms with Crippen molar-refractivity contribution >= 4 is 17.6 Å². The predicted octanol–water partition coefficient (Wildman–Crippen LogP) is 5.91. The molecule has 1 aromatic heterocycles. The number of carbonyl (C=O) groups is 2. The van der Waals surface area contributed by atoms with Gasteiger partial charge < -0.3 is 4.74 Å². The van der Waals surface area contributed by atoms with Crippen LogP contribution in [0.5, 0.6) is 0 Å². The van der Waals surface area contributed by atoms with E-state index in [0.29, 0.717) is 24.0 Å². The molecule has 2 aromatic carbocycles. The van der Waals surface area contributed by atoms with Crippen molar-refractivity contribution in [1.29, 1.82) is 0 Å². The van der Waals surface area contributed by atoms with E-state index in [0.717, 1.165) is 27.4 Å². The number of pyridine rings is 1. The van der Waals surface area contributed by atoms with Crippen LogP contribution in [-0.2, 0) is 11.2 Å². The van der Waals surface area contributed by atoms with Crippen molar-refractivity contribution in [2.75, 3.05) is 18.6 Å². The first-order valence-electron chi connectivity index (χ1n) is 10.6. The number of rotatable bonds is 7. The quantitative estimate of drug-likeness (QED) is 0.434. The summed E-state index contributed by atoms with van der Waals surface area (Å²) in [4.78, 5) is 30.0. The highest BCUT2D eigenvalue weighted by molar-refractivity contribution is 5.96. The van der Waals surface area contributed by atoms with E-state index in [4.69, 9.17) is 4.74 Å². The summed E-state index contributed by atoms with van der Waals surface area (Å²) in [5, 5.41) is 0. The number of nitrogens with zero attached hydrogens (tertiary/aromatic N) is 2. The molecule has 0 saturated heterocycles. The van der Waals surface area contributed by atoms with Gasteiger partial charge in [0.2, 0.25) is 0 Å². The van der Waals surface area contributed by atoms with Crippen LogP contribution in [0.2, 0.25) is 0 Å². The lowest BCUT2D eigenvalue weighted by Crippen LogP contribution is -2.27. The lowest BCUT2D eigenvalue weighted by Gasteiger charge is -2.17. The van der Waals surface area contributed by atoms with Gasteiger partial charge in [-0.3, -0.25) is 14.7 Å². The maximum Gasteiger partial charge on any atom is 0.414 e. The molecule has 0 N–H and O–H groups in total. The molecule has 1 heterocycles. The second-order valence-electron chi connectivity index (χ2n) is 7.62. The monoisotopic (exact) mass is 434 g/mol. The molecule has 1 amide bonds. The number of Topliss-reactive ketones (excluding diaryl/α,β-unsaturated/α-hetero) is 1. The van der Waals surface area contributed by atoms with Gasteiger partial charge in [-0.2, -0.15) is 0 Å². The lowest BCUT2D eigenvalue weighted by atomic mass is 9.99. The molecule has 0 atom stereocenters. The normalized spacial score (nSPS) is 10.7. The summed E-state index contributed by atoms with van der Waals surface area (Å²) >= 11 is 0. The summed E-state index contributed by atoms with van der Waals surface area (Å²) in [5.41, 5.74) is 5.18. The molecule has 5 nitrogen and oxygen atoms in total. The van der Waals surface area contributed by atoms with E-state index in [9.17, 15) is 14.0 Å². The van der Waals surface area contributed by atoms with Gasteiger partial charge in [0.15, 0.2) is 5.78 Å². The van der Waals surface area contributed by atoms with Crippen molar-refractivity contribution in [2.24, 2.45) is 0 Å². The Morgan fingerprint density at radius 1 is 1.00 bits per heavy atom. The van der Waals surface area contributed by atoms with Gasteiger partial charge in [0.1, 0.15) is 5.82 Å². The Labute approximate surface area is 187 Å². The van der Waals surface area contributed by atoms with Crippen LogP contribution in [0.15, 0.2) is 54.6 Å². The number of anilines is 1. The van der Waals surface area contributed by atoms with E-state index < -0.39 is 11.9 Å². The van der Waals surface area contributed by atoms with Gasteiger partial charge in [-0.15, -0.1) is 0 Å². The number of benzene rings is 2. The third kappa shape index (κ3) is 5.38. The Balaban J connectivity index is 1.69. The number of ether oxygens (including phenoxy) is 1. The van der Waals surface area contributed by atoms with E-state index in [2.05, 4.69) is 4.98 Å². The van der Waals surface area contributed by atoms with Gasteiger partial charge in [0.25, 0.3) is 0 Å². The Hall–Kier alpha value is -3.54. The maximum absolute atomic E-state index is 14.6. The van der Waals surface area contributed by atoms with Crippen LogP contribution < -0.4 is 4.90 Å². The molecule has 0 bridgehead atoms. The first-order chi connectivity index (χ1) is 15.3. The van der Waals surface area contributed by atoms with E-state index in [1.165, 1.54) is 13.1 Å². The largest absolute Gasteiger partial charge is 0.449 e. The Bertz CT molecular complexity index is 1130. The lowest BCUT2D eigenvalue weighted by molar-refractivity contribution is 0.0982. The summed E-state index contributed by atoms with van der Waals surface area (Å²) in [7, 11) is 1.46. The van der Waals surface area contributed by atoms with E-state index in [-0.39, 0.29) is 18.1 Å². The van der Waals surface area contributed by atoms with Crippen LogP contribution in [0, 0.1) is 19.7 Å². The Kier molecular flexibility index (Phi) is 7.36. The molecular weight excluding hydrogens is 407 g/mol. The molecule has 0 aliphatic carbocycles. The fourth-order valence-corrected chi connectivity index (χ4v) is 3.50. The molecule has 0 aliphatic heterocycles. The second-order valence-corrected chi connectivity index (χ2v) is 7.62. The standard InChI is InChI=1S/C26H27FN2O3/c1-5-32-26(31)29(4)24-14-12-22(16-23(24)27)20-8-10-21(11-9-20)25(30)15-13-19-7-6-17(2)28-18(19)3/h6-12,14,16H,5,13,15H2,1-4H3. The number of carbonyl (C=O) groups excluding carboxylic acids is 2. The van der Waals surface area contributed by atoms with Crippen molar-refractivity contribution < 1.29 is 18.7 Å². The zero-order chi connectivity index (χ0) is 23.3. The average molecular weight is 435 g/mol. The SMILES string of the molecule is CCOC(=O)N(C)c1ccc(-c2ccc(C(=O)CCc3ccc(C)nc3C)cc2)cc1F. The minimum absolute atomic E-state index is 0.0501.